The maximum absolute atomic E-state index is 4.37. The van der Waals surface area contributed by atoms with Crippen LogP contribution in [0.1, 0.15) is 50.4 Å². The zero-order chi connectivity index (χ0) is 11.2. The Bertz CT molecular complexity index is 300. The molecule has 0 aliphatic carbocycles. The summed E-state index contributed by atoms with van der Waals surface area (Å²) in [5.41, 5.74) is 2.52. The molecule has 0 amide bonds. The Morgan fingerprint density at radius 1 is 1.31 bits per heavy atom. The first-order chi connectivity index (χ1) is 7.88. The molecule has 1 aliphatic heterocycles. The molecule has 0 radical (unpaired) electrons. The molecule has 1 N–H and O–H groups in total. The van der Waals surface area contributed by atoms with E-state index in [1.807, 2.05) is 0 Å². The summed E-state index contributed by atoms with van der Waals surface area (Å²) < 4.78 is 0. The summed E-state index contributed by atoms with van der Waals surface area (Å²) in [6, 6.07) is 2.24. The van der Waals surface area contributed by atoms with Crippen LogP contribution in [-0.4, -0.2) is 28.2 Å². The Balaban J connectivity index is 1.81. The molecule has 3 nitrogen and oxygen atoms in total. The summed E-state index contributed by atoms with van der Waals surface area (Å²) in [5, 5.41) is 7.54. The van der Waals surface area contributed by atoms with Crippen molar-refractivity contribution in [1.29, 1.82) is 0 Å². The van der Waals surface area contributed by atoms with E-state index >= 15 is 0 Å². The zero-order valence-electron chi connectivity index (χ0n) is 10.3. The number of piperidine rings is 1. The molecule has 1 aliphatic rings. The first-order valence-electron chi connectivity index (χ1n) is 6.64. The summed E-state index contributed by atoms with van der Waals surface area (Å²) in [6.07, 6.45) is 7.73. The van der Waals surface area contributed by atoms with E-state index in [2.05, 4.69) is 28.1 Å². The summed E-state index contributed by atoms with van der Waals surface area (Å²) in [4.78, 5) is 2.53. The van der Waals surface area contributed by atoms with E-state index in [-0.39, 0.29) is 0 Å². The Kier molecular flexibility index (Phi) is 4.40. The molecule has 1 fully saturated rings. The number of hydrogen-bond acceptors (Lipinski definition) is 2. The summed E-state index contributed by atoms with van der Waals surface area (Å²) in [7, 11) is 0. The predicted molar refractivity (Wildman–Crippen MR) is 66.3 cm³/mol. The van der Waals surface area contributed by atoms with Crippen molar-refractivity contribution in [3.8, 4) is 0 Å². The number of hydrogen-bond donors (Lipinski definition) is 1. The molecule has 0 atom stereocenters. The van der Waals surface area contributed by atoms with Gasteiger partial charge in [-0.3, -0.25) is 10.00 Å². The standard InChI is InChI=1S/C13H23N3/c1-2-3-7-12-10-13(15-14-12)11-16-8-5-4-6-9-16/h10H,2-9,11H2,1H3,(H,14,15). The third-order valence-corrected chi connectivity index (χ3v) is 3.31. The molecule has 3 heteroatoms. The first kappa shape index (κ1) is 11.6. The number of aromatic amines is 1. The smallest absolute Gasteiger partial charge is 0.0625 e. The highest BCUT2D eigenvalue weighted by atomic mass is 15.2. The molecular weight excluding hydrogens is 198 g/mol. The van der Waals surface area contributed by atoms with Crippen molar-refractivity contribution < 1.29 is 0 Å². The van der Waals surface area contributed by atoms with E-state index in [1.165, 1.54) is 56.6 Å². The Labute approximate surface area is 98.2 Å². The van der Waals surface area contributed by atoms with Crippen molar-refractivity contribution >= 4 is 0 Å². The van der Waals surface area contributed by atoms with Gasteiger partial charge in [0.15, 0.2) is 0 Å². The Hall–Kier alpha value is -0.830. The molecule has 0 spiro atoms. The van der Waals surface area contributed by atoms with E-state index in [1.54, 1.807) is 0 Å². The van der Waals surface area contributed by atoms with Crippen LogP contribution in [-0.2, 0) is 13.0 Å². The number of nitrogens with one attached hydrogen (secondary N) is 1. The molecule has 0 aromatic carbocycles. The average molecular weight is 221 g/mol. The van der Waals surface area contributed by atoms with Gasteiger partial charge < -0.3 is 0 Å². The lowest BCUT2D eigenvalue weighted by atomic mass is 10.1. The molecule has 2 rings (SSSR count). The van der Waals surface area contributed by atoms with Gasteiger partial charge in [-0.25, -0.2) is 0 Å². The van der Waals surface area contributed by atoms with E-state index < -0.39 is 0 Å². The maximum Gasteiger partial charge on any atom is 0.0625 e. The zero-order valence-corrected chi connectivity index (χ0v) is 10.3. The van der Waals surface area contributed by atoms with Gasteiger partial charge in [-0.2, -0.15) is 5.10 Å². The normalized spacial score (nSPS) is 17.8. The van der Waals surface area contributed by atoms with Crippen LogP contribution >= 0.6 is 0 Å². The van der Waals surface area contributed by atoms with Gasteiger partial charge in [0.2, 0.25) is 0 Å². The molecule has 1 saturated heterocycles. The molecule has 2 heterocycles. The molecule has 0 bridgehead atoms. The number of likely N-dealkylation sites (tertiary alicyclic amines) is 1. The third-order valence-electron chi connectivity index (χ3n) is 3.31. The second-order valence-corrected chi connectivity index (χ2v) is 4.82. The SMILES string of the molecule is CCCCc1cc(CN2CCCCC2)[nH]n1. The second kappa shape index (κ2) is 6.04. The van der Waals surface area contributed by atoms with Gasteiger partial charge in [-0.15, -0.1) is 0 Å². The van der Waals surface area contributed by atoms with Crippen LogP contribution < -0.4 is 0 Å². The van der Waals surface area contributed by atoms with Gasteiger partial charge in [0.25, 0.3) is 0 Å². The molecule has 1 aromatic rings. The van der Waals surface area contributed by atoms with Crippen LogP contribution in [0.5, 0.6) is 0 Å². The van der Waals surface area contributed by atoms with E-state index in [0.29, 0.717) is 0 Å². The highest BCUT2D eigenvalue weighted by Crippen LogP contribution is 2.12. The average Bonchev–Trinajstić information content (AvgIpc) is 2.75. The third kappa shape index (κ3) is 3.34. The fraction of sp³-hybridized carbons (Fsp3) is 0.769. The topological polar surface area (TPSA) is 31.9 Å². The van der Waals surface area contributed by atoms with Crippen molar-refractivity contribution in [2.24, 2.45) is 0 Å². The van der Waals surface area contributed by atoms with Crippen molar-refractivity contribution in [3.05, 3.63) is 17.5 Å². The van der Waals surface area contributed by atoms with Gasteiger partial charge in [-0.05, 0) is 44.8 Å². The number of aryl methyl sites for hydroxylation is 1. The minimum absolute atomic E-state index is 1.05. The van der Waals surface area contributed by atoms with Crippen molar-refractivity contribution in [2.75, 3.05) is 13.1 Å². The highest BCUT2D eigenvalue weighted by Gasteiger charge is 2.11. The number of aromatic nitrogens is 2. The van der Waals surface area contributed by atoms with Crippen molar-refractivity contribution in [3.63, 3.8) is 0 Å². The molecule has 1 aromatic heterocycles. The highest BCUT2D eigenvalue weighted by molar-refractivity contribution is 5.08. The Morgan fingerprint density at radius 3 is 2.88 bits per heavy atom. The minimum atomic E-state index is 1.05. The second-order valence-electron chi connectivity index (χ2n) is 4.82. The van der Waals surface area contributed by atoms with Gasteiger partial charge in [0.05, 0.1) is 5.69 Å². The minimum Gasteiger partial charge on any atom is -0.298 e. The van der Waals surface area contributed by atoms with Gasteiger partial charge in [0.1, 0.15) is 0 Å². The Morgan fingerprint density at radius 2 is 2.12 bits per heavy atom. The largest absolute Gasteiger partial charge is 0.298 e. The summed E-state index contributed by atoms with van der Waals surface area (Å²) >= 11 is 0. The quantitative estimate of drug-likeness (QED) is 0.829. The van der Waals surface area contributed by atoms with Gasteiger partial charge in [-0.1, -0.05) is 19.8 Å². The number of unbranched alkanes of at least 4 members (excludes halogenated alkanes) is 1. The first-order valence-corrected chi connectivity index (χ1v) is 6.64. The van der Waals surface area contributed by atoms with Crippen LogP contribution in [0.4, 0.5) is 0 Å². The lowest BCUT2D eigenvalue weighted by molar-refractivity contribution is 0.218. The van der Waals surface area contributed by atoms with Crippen LogP contribution in [0.25, 0.3) is 0 Å². The van der Waals surface area contributed by atoms with Crippen molar-refractivity contribution in [1.82, 2.24) is 15.1 Å². The van der Waals surface area contributed by atoms with E-state index in [9.17, 15) is 0 Å². The lowest BCUT2D eigenvalue weighted by Crippen LogP contribution is -2.29. The van der Waals surface area contributed by atoms with Crippen LogP contribution in [0.2, 0.25) is 0 Å². The molecule has 90 valence electrons. The fourth-order valence-corrected chi connectivity index (χ4v) is 2.33. The van der Waals surface area contributed by atoms with Gasteiger partial charge in [0, 0.05) is 12.2 Å². The number of rotatable bonds is 5. The van der Waals surface area contributed by atoms with E-state index in [0.717, 1.165) is 13.0 Å². The molecule has 0 saturated carbocycles. The molecule has 16 heavy (non-hydrogen) atoms. The lowest BCUT2D eigenvalue weighted by Gasteiger charge is -2.25. The number of nitrogens with zero attached hydrogens (tertiary/aromatic N) is 2. The maximum atomic E-state index is 4.37. The predicted octanol–water partition coefficient (Wildman–Crippen LogP) is 2.74. The van der Waals surface area contributed by atoms with Crippen molar-refractivity contribution in [2.45, 2.75) is 52.0 Å². The van der Waals surface area contributed by atoms with Crippen LogP contribution in [0.3, 0.4) is 0 Å². The monoisotopic (exact) mass is 221 g/mol. The van der Waals surface area contributed by atoms with Crippen LogP contribution in [0.15, 0.2) is 6.07 Å². The molecular formula is C13H23N3. The fourth-order valence-electron chi connectivity index (χ4n) is 2.33. The summed E-state index contributed by atoms with van der Waals surface area (Å²) in [6.45, 7) is 5.78. The van der Waals surface area contributed by atoms with Crippen LogP contribution in [0, 0.1) is 0 Å². The molecule has 0 unspecified atom stereocenters. The van der Waals surface area contributed by atoms with Gasteiger partial charge >= 0.3 is 0 Å². The number of H-pyrrole nitrogens is 1. The van der Waals surface area contributed by atoms with E-state index in [4.69, 9.17) is 0 Å². The summed E-state index contributed by atoms with van der Waals surface area (Å²) in [5.74, 6) is 0.